The van der Waals surface area contributed by atoms with E-state index in [-0.39, 0.29) is 13.2 Å². The van der Waals surface area contributed by atoms with Gasteiger partial charge in [-0.05, 0) is 12.8 Å². The highest BCUT2D eigenvalue weighted by molar-refractivity contribution is 5.83. The van der Waals surface area contributed by atoms with Gasteiger partial charge in [0.2, 0.25) is 0 Å². The second-order valence-corrected chi connectivity index (χ2v) is 4.02. The summed E-state index contributed by atoms with van der Waals surface area (Å²) in [5.74, 6) is -3.76. The van der Waals surface area contributed by atoms with E-state index >= 15 is 0 Å². The Morgan fingerprint density at radius 1 is 1.32 bits per heavy atom. The minimum absolute atomic E-state index is 0.0786. The molecule has 0 saturated heterocycles. The minimum Gasteiger partial charge on any atom is -0.481 e. The first-order valence-corrected chi connectivity index (χ1v) is 5.91. The van der Waals surface area contributed by atoms with Crippen molar-refractivity contribution in [2.24, 2.45) is 11.8 Å². The number of rotatable bonds is 6. The van der Waals surface area contributed by atoms with Crippen molar-refractivity contribution in [1.29, 1.82) is 0 Å². The second-order valence-electron chi connectivity index (χ2n) is 4.02. The molecular formula is C13H16O6. The fourth-order valence-electron chi connectivity index (χ4n) is 1.79. The van der Waals surface area contributed by atoms with Gasteiger partial charge in [-0.1, -0.05) is 18.7 Å². The van der Waals surface area contributed by atoms with Crippen molar-refractivity contribution >= 4 is 17.9 Å². The second kappa shape index (κ2) is 7.35. The van der Waals surface area contributed by atoms with Crippen molar-refractivity contribution in [3.63, 3.8) is 0 Å². The smallest absolute Gasteiger partial charge is 0.330 e. The summed E-state index contributed by atoms with van der Waals surface area (Å²) < 4.78 is 9.53. The SMILES string of the molecule is C=CC(=O)OCCOC(=O)C1C=CCCC1C(=O)O. The van der Waals surface area contributed by atoms with Crippen LogP contribution in [0, 0.1) is 11.8 Å². The minimum atomic E-state index is -1.01. The number of carbonyl (C=O) groups excluding carboxylic acids is 2. The van der Waals surface area contributed by atoms with Crippen LogP contribution in [0.4, 0.5) is 0 Å². The van der Waals surface area contributed by atoms with E-state index < -0.39 is 29.7 Å². The third kappa shape index (κ3) is 4.57. The Hall–Kier alpha value is -2.11. The molecule has 6 heteroatoms. The largest absolute Gasteiger partial charge is 0.481 e. The number of aliphatic carboxylic acids is 1. The molecule has 104 valence electrons. The molecule has 0 aromatic heterocycles. The van der Waals surface area contributed by atoms with Crippen molar-refractivity contribution in [1.82, 2.24) is 0 Å². The predicted molar refractivity (Wildman–Crippen MR) is 65.1 cm³/mol. The predicted octanol–water partition coefficient (Wildman–Crippen LogP) is 0.926. The van der Waals surface area contributed by atoms with E-state index in [1.807, 2.05) is 0 Å². The van der Waals surface area contributed by atoms with Gasteiger partial charge in [0.1, 0.15) is 13.2 Å². The van der Waals surface area contributed by atoms with E-state index in [9.17, 15) is 14.4 Å². The average molecular weight is 268 g/mol. The summed E-state index contributed by atoms with van der Waals surface area (Å²) in [6.45, 7) is 3.04. The monoisotopic (exact) mass is 268 g/mol. The van der Waals surface area contributed by atoms with Crippen molar-refractivity contribution in [3.8, 4) is 0 Å². The number of hydrogen-bond acceptors (Lipinski definition) is 5. The van der Waals surface area contributed by atoms with Gasteiger partial charge in [0, 0.05) is 6.08 Å². The maximum atomic E-state index is 11.7. The first kappa shape index (κ1) is 14.9. The fourth-order valence-corrected chi connectivity index (χ4v) is 1.79. The van der Waals surface area contributed by atoms with Crippen molar-refractivity contribution in [3.05, 3.63) is 24.8 Å². The number of carbonyl (C=O) groups is 3. The summed E-state index contributed by atoms with van der Waals surface area (Å²) in [4.78, 5) is 33.5. The quantitative estimate of drug-likeness (QED) is 0.333. The molecule has 0 saturated carbocycles. The summed E-state index contributed by atoms with van der Waals surface area (Å²) in [6.07, 6.45) is 5.38. The zero-order valence-corrected chi connectivity index (χ0v) is 10.4. The van der Waals surface area contributed by atoms with E-state index in [1.165, 1.54) is 0 Å². The average Bonchev–Trinajstić information content (AvgIpc) is 2.42. The van der Waals surface area contributed by atoms with Crippen LogP contribution < -0.4 is 0 Å². The number of carboxylic acid groups (broad SMARTS) is 1. The zero-order valence-electron chi connectivity index (χ0n) is 10.4. The number of allylic oxidation sites excluding steroid dienone is 1. The molecule has 1 rings (SSSR count). The van der Waals surface area contributed by atoms with Gasteiger partial charge in [-0.15, -0.1) is 0 Å². The Balaban J connectivity index is 2.41. The van der Waals surface area contributed by atoms with Gasteiger partial charge >= 0.3 is 17.9 Å². The van der Waals surface area contributed by atoms with E-state index in [0.29, 0.717) is 12.8 Å². The first-order chi connectivity index (χ1) is 9.06. The van der Waals surface area contributed by atoms with Crippen LogP contribution in [0.2, 0.25) is 0 Å². The lowest BCUT2D eigenvalue weighted by Crippen LogP contribution is -2.32. The molecule has 1 N–H and O–H groups in total. The summed E-state index contributed by atoms with van der Waals surface area (Å²) in [6, 6.07) is 0. The molecule has 0 bridgehead atoms. The molecule has 1 aliphatic carbocycles. The lowest BCUT2D eigenvalue weighted by Gasteiger charge is -2.22. The van der Waals surface area contributed by atoms with Gasteiger partial charge in [0.15, 0.2) is 0 Å². The van der Waals surface area contributed by atoms with Crippen LogP contribution in [0.15, 0.2) is 24.8 Å². The molecule has 0 heterocycles. The lowest BCUT2D eigenvalue weighted by atomic mass is 9.84. The highest BCUT2D eigenvalue weighted by Crippen LogP contribution is 2.26. The molecular weight excluding hydrogens is 252 g/mol. The van der Waals surface area contributed by atoms with Gasteiger partial charge in [-0.25, -0.2) is 4.79 Å². The molecule has 0 radical (unpaired) electrons. The third-order valence-electron chi connectivity index (χ3n) is 2.75. The van der Waals surface area contributed by atoms with Crippen LogP contribution in [0.25, 0.3) is 0 Å². The summed E-state index contributed by atoms with van der Waals surface area (Å²) in [5, 5.41) is 9.01. The molecule has 6 nitrogen and oxygen atoms in total. The van der Waals surface area contributed by atoms with Gasteiger partial charge in [-0.2, -0.15) is 0 Å². The molecule has 0 amide bonds. The van der Waals surface area contributed by atoms with E-state index in [4.69, 9.17) is 9.84 Å². The Bertz CT molecular complexity index is 398. The maximum Gasteiger partial charge on any atom is 0.330 e. The topological polar surface area (TPSA) is 89.9 Å². The third-order valence-corrected chi connectivity index (χ3v) is 2.75. The number of hydrogen-bond donors (Lipinski definition) is 1. The molecule has 2 atom stereocenters. The molecule has 0 fully saturated rings. The van der Waals surface area contributed by atoms with Crippen molar-refractivity contribution in [2.75, 3.05) is 13.2 Å². The molecule has 0 spiro atoms. The van der Waals surface area contributed by atoms with Crippen LogP contribution in [-0.2, 0) is 23.9 Å². The molecule has 0 aliphatic heterocycles. The highest BCUT2D eigenvalue weighted by Gasteiger charge is 2.34. The number of ether oxygens (including phenoxy) is 2. The van der Waals surface area contributed by atoms with Crippen molar-refractivity contribution < 1.29 is 29.0 Å². The first-order valence-electron chi connectivity index (χ1n) is 5.91. The van der Waals surface area contributed by atoms with E-state index in [0.717, 1.165) is 6.08 Å². The Kier molecular flexibility index (Phi) is 5.78. The van der Waals surface area contributed by atoms with Gasteiger partial charge in [-0.3, -0.25) is 9.59 Å². The maximum absolute atomic E-state index is 11.7. The van der Waals surface area contributed by atoms with Gasteiger partial charge in [0.05, 0.1) is 11.8 Å². The molecule has 0 aromatic rings. The van der Waals surface area contributed by atoms with Gasteiger partial charge in [0.25, 0.3) is 0 Å². The normalized spacial score (nSPS) is 21.5. The zero-order chi connectivity index (χ0) is 14.3. The molecule has 0 aromatic carbocycles. The molecule has 2 unspecified atom stereocenters. The van der Waals surface area contributed by atoms with Crippen LogP contribution in [-0.4, -0.2) is 36.2 Å². The van der Waals surface area contributed by atoms with Gasteiger partial charge < -0.3 is 14.6 Å². The van der Waals surface area contributed by atoms with Crippen LogP contribution in [0.5, 0.6) is 0 Å². The summed E-state index contributed by atoms with van der Waals surface area (Å²) in [5.41, 5.74) is 0. The van der Waals surface area contributed by atoms with E-state index in [2.05, 4.69) is 11.3 Å². The van der Waals surface area contributed by atoms with E-state index in [1.54, 1.807) is 12.2 Å². The lowest BCUT2D eigenvalue weighted by molar-refractivity contribution is -0.158. The highest BCUT2D eigenvalue weighted by atomic mass is 16.6. The number of esters is 2. The fraction of sp³-hybridized carbons (Fsp3) is 0.462. The standard InChI is InChI=1S/C13H16O6/c1-2-11(14)18-7-8-19-13(17)10-6-4-3-5-9(10)12(15)16/h2,4,6,9-10H,1,3,5,7-8H2,(H,15,16). The van der Waals surface area contributed by atoms with Crippen LogP contribution >= 0.6 is 0 Å². The van der Waals surface area contributed by atoms with Crippen LogP contribution in [0.1, 0.15) is 12.8 Å². The summed E-state index contributed by atoms with van der Waals surface area (Å²) >= 11 is 0. The van der Waals surface area contributed by atoms with Crippen LogP contribution in [0.3, 0.4) is 0 Å². The van der Waals surface area contributed by atoms with Crippen molar-refractivity contribution in [2.45, 2.75) is 12.8 Å². The molecule has 1 aliphatic rings. The number of carboxylic acids is 1. The Morgan fingerprint density at radius 3 is 2.63 bits per heavy atom. The Morgan fingerprint density at radius 2 is 2.00 bits per heavy atom. The Labute approximate surface area is 110 Å². The summed E-state index contributed by atoms with van der Waals surface area (Å²) in [7, 11) is 0. The molecule has 19 heavy (non-hydrogen) atoms.